The number of para-hydroxylation sites is 1. The Morgan fingerprint density at radius 2 is 2.30 bits per heavy atom. The first-order valence-corrected chi connectivity index (χ1v) is 7.26. The van der Waals surface area contributed by atoms with Gasteiger partial charge in [-0.2, -0.15) is 0 Å². The Kier molecular flexibility index (Phi) is 4.02. The second-order valence-corrected chi connectivity index (χ2v) is 5.31. The van der Waals surface area contributed by atoms with Crippen molar-refractivity contribution in [3.63, 3.8) is 0 Å². The molecule has 0 saturated carbocycles. The zero-order valence-electron chi connectivity index (χ0n) is 11.5. The maximum Gasteiger partial charge on any atom is 0.224 e. The molecule has 0 spiro atoms. The van der Waals surface area contributed by atoms with Crippen molar-refractivity contribution in [3.8, 4) is 0 Å². The third-order valence-electron chi connectivity index (χ3n) is 3.84. The van der Waals surface area contributed by atoms with Crippen molar-refractivity contribution in [2.24, 2.45) is 0 Å². The lowest BCUT2D eigenvalue weighted by atomic mass is 10.1. The van der Waals surface area contributed by atoms with Crippen LogP contribution in [0.15, 0.2) is 30.5 Å². The molecule has 0 aliphatic carbocycles. The monoisotopic (exact) mass is 272 g/mol. The van der Waals surface area contributed by atoms with E-state index >= 15 is 0 Å². The number of aromatic nitrogens is 1. The quantitative estimate of drug-likeness (QED) is 0.878. The Morgan fingerprint density at radius 3 is 3.15 bits per heavy atom. The maximum atomic E-state index is 12.0. The number of nitrogens with one attached hydrogen (secondary N) is 2. The first kappa shape index (κ1) is 13.2. The fourth-order valence-corrected chi connectivity index (χ4v) is 2.76. The van der Waals surface area contributed by atoms with Gasteiger partial charge < -0.3 is 15.0 Å². The molecule has 20 heavy (non-hydrogen) atoms. The molecule has 4 nitrogen and oxygen atoms in total. The summed E-state index contributed by atoms with van der Waals surface area (Å²) in [5, 5.41) is 4.11. The number of aromatic amines is 1. The fraction of sp³-hybridized carbons (Fsp3) is 0.438. The molecular formula is C16H20N2O2. The van der Waals surface area contributed by atoms with Gasteiger partial charge in [-0.05, 0) is 30.9 Å². The second-order valence-electron chi connectivity index (χ2n) is 5.31. The number of fused-ring (bicyclic) bond motifs is 1. The standard InChI is InChI=1S/C16H20N2O2/c19-16(17-8-7-13-4-3-9-20-13)10-12-11-18-15-6-2-1-5-14(12)15/h1-2,5-6,11,13,18H,3-4,7-10H2,(H,17,19). The van der Waals surface area contributed by atoms with Gasteiger partial charge in [0.25, 0.3) is 0 Å². The molecule has 1 aromatic carbocycles. The van der Waals surface area contributed by atoms with E-state index in [1.54, 1.807) is 0 Å². The van der Waals surface area contributed by atoms with Gasteiger partial charge in [-0.3, -0.25) is 4.79 Å². The lowest BCUT2D eigenvalue weighted by Gasteiger charge is -2.09. The summed E-state index contributed by atoms with van der Waals surface area (Å²) in [6, 6.07) is 8.05. The van der Waals surface area contributed by atoms with Crippen LogP contribution >= 0.6 is 0 Å². The predicted octanol–water partition coefficient (Wildman–Crippen LogP) is 2.40. The highest BCUT2D eigenvalue weighted by Gasteiger charge is 2.15. The minimum atomic E-state index is 0.0766. The first-order valence-electron chi connectivity index (χ1n) is 7.26. The zero-order valence-corrected chi connectivity index (χ0v) is 11.5. The van der Waals surface area contributed by atoms with Crippen LogP contribution in [0.5, 0.6) is 0 Å². The number of rotatable bonds is 5. The van der Waals surface area contributed by atoms with Crippen molar-refractivity contribution < 1.29 is 9.53 Å². The van der Waals surface area contributed by atoms with E-state index in [1.807, 2.05) is 30.5 Å². The number of H-pyrrole nitrogens is 1. The summed E-state index contributed by atoms with van der Waals surface area (Å²) in [5.41, 5.74) is 2.13. The maximum absolute atomic E-state index is 12.0. The van der Waals surface area contributed by atoms with E-state index in [4.69, 9.17) is 4.74 Å². The molecule has 1 aromatic heterocycles. The summed E-state index contributed by atoms with van der Waals surface area (Å²) in [6.07, 6.45) is 5.87. The van der Waals surface area contributed by atoms with Gasteiger partial charge in [-0.15, -0.1) is 0 Å². The van der Waals surface area contributed by atoms with Crippen LogP contribution in [-0.4, -0.2) is 30.1 Å². The van der Waals surface area contributed by atoms with Crippen molar-refractivity contribution in [2.75, 3.05) is 13.2 Å². The highest BCUT2D eigenvalue weighted by Crippen LogP contribution is 2.18. The molecule has 3 rings (SSSR count). The number of benzene rings is 1. The molecule has 1 fully saturated rings. The van der Waals surface area contributed by atoms with Crippen LogP contribution in [0.1, 0.15) is 24.8 Å². The van der Waals surface area contributed by atoms with Crippen molar-refractivity contribution in [1.29, 1.82) is 0 Å². The van der Waals surface area contributed by atoms with Crippen molar-refractivity contribution in [1.82, 2.24) is 10.3 Å². The molecular weight excluding hydrogens is 252 g/mol. The van der Waals surface area contributed by atoms with E-state index < -0.39 is 0 Å². The van der Waals surface area contributed by atoms with Gasteiger partial charge in [-0.25, -0.2) is 0 Å². The van der Waals surface area contributed by atoms with Gasteiger partial charge in [0.05, 0.1) is 12.5 Å². The summed E-state index contributed by atoms with van der Waals surface area (Å²) in [5.74, 6) is 0.0766. The molecule has 1 aliphatic heterocycles. The van der Waals surface area contributed by atoms with Crippen LogP contribution in [0, 0.1) is 0 Å². The largest absolute Gasteiger partial charge is 0.378 e. The van der Waals surface area contributed by atoms with Crippen LogP contribution in [0.3, 0.4) is 0 Å². The fourth-order valence-electron chi connectivity index (χ4n) is 2.76. The highest BCUT2D eigenvalue weighted by atomic mass is 16.5. The number of ether oxygens (including phenoxy) is 1. The number of carbonyl (C=O) groups is 1. The Labute approximate surface area is 118 Å². The summed E-state index contributed by atoms with van der Waals surface area (Å²) < 4.78 is 5.54. The van der Waals surface area contributed by atoms with Crippen molar-refractivity contribution in [2.45, 2.75) is 31.8 Å². The lowest BCUT2D eigenvalue weighted by Crippen LogP contribution is -2.28. The van der Waals surface area contributed by atoms with Crippen LogP contribution in [0.4, 0.5) is 0 Å². The Morgan fingerprint density at radius 1 is 1.40 bits per heavy atom. The van der Waals surface area contributed by atoms with Gasteiger partial charge in [0.15, 0.2) is 0 Å². The average Bonchev–Trinajstić information content (AvgIpc) is 3.09. The molecule has 2 heterocycles. The minimum Gasteiger partial charge on any atom is -0.378 e. The van der Waals surface area contributed by atoms with E-state index in [9.17, 15) is 4.79 Å². The summed E-state index contributed by atoms with van der Waals surface area (Å²) in [4.78, 5) is 15.2. The van der Waals surface area contributed by atoms with Gasteiger partial charge >= 0.3 is 0 Å². The Balaban J connectivity index is 1.50. The summed E-state index contributed by atoms with van der Waals surface area (Å²) in [7, 11) is 0. The van der Waals surface area contributed by atoms with Gasteiger partial charge in [0, 0.05) is 30.3 Å². The molecule has 1 saturated heterocycles. The van der Waals surface area contributed by atoms with Crippen molar-refractivity contribution in [3.05, 3.63) is 36.0 Å². The van der Waals surface area contributed by atoms with E-state index in [2.05, 4.69) is 10.3 Å². The van der Waals surface area contributed by atoms with Gasteiger partial charge in [0.1, 0.15) is 0 Å². The van der Waals surface area contributed by atoms with Gasteiger partial charge in [-0.1, -0.05) is 18.2 Å². The number of hydrogen-bond acceptors (Lipinski definition) is 2. The van der Waals surface area contributed by atoms with Crippen LogP contribution in [0.2, 0.25) is 0 Å². The summed E-state index contributed by atoms with van der Waals surface area (Å²) in [6.45, 7) is 1.57. The molecule has 2 aromatic rings. The van der Waals surface area contributed by atoms with E-state index in [0.29, 0.717) is 19.1 Å². The molecule has 0 radical (unpaired) electrons. The molecule has 106 valence electrons. The number of hydrogen-bond donors (Lipinski definition) is 2. The topological polar surface area (TPSA) is 54.1 Å². The molecule has 1 atom stereocenters. The number of carbonyl (C=O) groups excluding carboxylic acids is 1. The van der Waals surface area contributed by atoms with Crippen LogP contribution in [0.25, 0.3) is 10.9 Å². The number of amides is 1. The van der Waals surface area contributed by atoms with E-state index in [0.717, 1.165) is 42.3 Å². The second kappa shape index (κ2) is 6.09. The Bertz CT molecular complexity index is 585. The van der Waals surface area contributed by atoms with Crippen molar-refractivity contribution >= 4 is 16.8 Å². The van der Waals surface area contributed by atoms with E-state index in [1.165, 1.54) is 0 Å². The zero-order chi connectivity index (χ0) is 13.8. The van der Waals surface area contributed by atoms with E-state index in [-0.39, 0.29) is 5.91 Å². The third-order valence-corrected chi connectivity index (χ3v) is 3.84. The summed E-state index contributed by atoms with van der Waals surface area (Å²) >= 11 is 0. The Hall–Kier alpha value is -1.81. The molecule has 1 aliphatic rings. The third kappa shape index (κ3) is 3.02. The average molecular weight is 272 g/mol. The van der Waals surface area contributed by atoms with Crippen LogP contribution in [-0.2, 0) is 16.0 Å². The SMILES string of the molecule is O=C(Cc1c[nH]c2ccccc12)NCCC1CCCO1. The molecule has 4 heteroatoms. The first-order chi connectivity index (χ1) is 9.83. The van der Waals surface area contributed by atoms with Crippen LogP contribution < -0.4 is 5.32 Å². The minimum absolute atomic E-state index is 0.0766. The molecule has 0 bridgehead atoms. The molecule has 1 unspecified atom stereocenters. The predicted molar refractivity (Wildman–Crippen MR) is 78.6 cm³/mol. The normalized spacial score (nSPS) is 18.5. The van der Waals surface area contributed by atoms with Gasteiger partial charge in [0.2, 0.25) is 5.91 Å². The molecule has 2 N–H and O–H groups in total. The lowest BCUT2D eigenvalue weighted by molar-refractivity contribution is -0.120. The molecule has 1 amide bonds. The smallest absolute Gasteiger partial charge is 0.224 e. The highest BCUT2D eigenvalue weighted by molar-refractivity contribution is 5.88.